The number of hydrogen-bond donors (Lipinski definition) is 1. The first kappa shape index (κ1) is 24.7. The van der Waals surface area contributed by atoms with E-state index in [0.29, 0.717) is 41.2 Å². The summed E-state index contributed by atoms with van der Waals surface area (Å²) in [7, 11) is 0. The Morgan fingerprint density at radius 2 is 1.95 bits per heavy atom. The molecule has 0 saturated heterocycles. The average molecular weight is 502 g/mol. The van der Waals surface area contributed by atoms with E-state index in [-0.39, 0.29) is 19.3 Å². The van der Waals surface area contributed by atoms with Crippen molar-refractivity contribution in [1.29, 1.82) is 0 Å². The number of hydrogen-bond acceptors (Lipinski definition) is 6. The minimum Gasteiger partial charge on any atom is -0.492 e. The molecule has 1 saturated carbocycles. The second-order valence-electron chi connectivity index (χ2n) is 9.59. The lowest BCUT2D eigenvalue weighted by Crippen LogP contribution is -2.19. The topological polar surface area (TPSA) is 99.8 Å². The number of carbonyl (C=O) groups excluding carboxylic acids is 1. The van der Waals surface area contributed by atoms with Crippen LogP contribution in [-0.2, 0) is 0 Å². The monoisotopic (exact) mass is 501 g/mol. The highest BCUT2D eigenvalue weighted by Gasteiger charge is 2.26. The number of nitrogens with zero attached hydrogens (tertiary/aromatic N) is 6. The Kier molecular flexibility index (Phi) is 7.03. The second kappa shape index (κ2) is 10.5. The number of anilines is 1. The number of nitrogens with one attached hydrogen (secondary N) is 1. The molecule has 2 aliphatic rings. The van der Waals surface area contributed by atoms with Gasteiger partial charge in [0.15, 0.2) is 5.82 Å². The molecule has 2 atom stereocenters. The summed E-state index contributed by atoms with van der Waals surface area (Å²) in [5.74, 6) is 2.18. The van der Waals surface area contributed by atoms with Crippen molar-refractivity contribution < 1.29 is 11.0 Å². The maximum Gasteiger partial charge on any atom is 0.260 e. The van der Waals surface area contributed by atoms with Crippen LogP contribution < -0.4 is 10.1 Å². The molecule has 6 rings (SSSR count). The van der Waals surface area contributed by atoms with Crippen LogP contribution in [0.25, 0.3) is 17.2 Å². The summed E-state index contributed by atoms with van der Waals surface area (Å²) in [5.41, 5.74) is 3.08. The predicted octanol–water partition coefficient (Wildman–Crippen LogP) is 5.91. The molecule has 9 nitrogen and oxygen atoms in total. The molecule has 1 N–H and O–H groups in total. The quantitative estimate of drug-likeness (QED) is 0.367. The molecule has 4 heterocycles. The van der Waals surface area contributed by atoms with E-state index in [0.717, 1.165) is 17.8 Å². The highest BCUT2D eigenvalue weighted by molar-refractivity contribution is 6.06. The van der Waals surface area contributed by atoms with Gasteiger partial charge in [0, 0.05) is 25.3 Å². The molecule has 0 spiro atoms. The third-order valence-electron chi connectivity index (χ3n) is 6.64. The average Bonchev–Trinajstić information content (AvgIpc) is 3.43. The van der Waals surface area contributed by atoms with E-state index >= 15 is 0 Å². The summed E-state index contributed by atoms with van der Waals surface area (Å²) in [4.78, 5) is 22.6. The van der Waals surface area contributed by atoms with E-state index in [1.54, 1.807) is 12.4 Å². The summed E-state index contributed by atoms with van der Waals surface area (Å²) in [6, 6.07) is 11.3. The fourth-order valence-electron chi connectivity index (χ4n) is 4.61. The van der Waals surface area contributed by atoms with Crippen LogP contribution in [0.5, 0.6) is 5.75 Å². The number of amides is 1. The fourth-order valence-corrected chi connectivity index (χ4v) is 4.61. The first-order valence-electron chi connectivity index (χ1n) is 13.0. The van der Waals surface area contributed by atoms with Crippen molar-refractivity contribution in [3.05, 3.63) is 66.5 Å². The lowest BCUT2D eigenvalue weighted by molar-refractivity contribution is 0.102. The summed E-state index contributed by atoms with van der Waals surface area (Å²) in [5, 5.41) is 11.3. The number of pyridine rings is 1. The number of aromatic nitrogens is 6. The van der Waals surface area contributed by atoms with Gasteiger partial charge in [0.2, 0.25) is 0 Å². The van der Waals surface area contributed by atoms with Gasteiger partial charge in [-0.25, -0.2) is 9.97 Å². The highest BCUT2D eigenvalue weighted by atomic mass is 16.5. The van der Waals surface area contributed by atoms with Crippen molar-refractivity contribution in [3.63, 3.8) is 0 Å². The Bertz CT molecular complexity index is 1400. The Labute approximate surface area is 218 Å². The third kappa shape index (κ3) is 5.26. The van der Waals surface area contributed by atoms with Crippen molar-refractivity contribution >= 4 is 11.7 Å². The Balaban J connectivity index is 0.00000110. The van der Waals surface area contributed by atoms with Gasteiger partial charge >= 0.3 is 0 Å². The zero-order chi connectivity index (χ0) is 25.9. The van der Waals surface area contributed by atoms with Crippen molar-refractivity contribution in [2.24, 2.45) is 5.92 Å². The third-order valence-corrected chi connectivity index (χ3v) is 6.64. The van der Waals surface area contributed by atoms with Crippen LogP contribution in [0.1, 0.15) is 76.4 Å². The predicted molar refractivity (Wildman–Crippen MR) is 144 cm³/mol. The van der Waals surface area contributed by atoms with Gasteiger partial charge in [-0.15, -0.1) is 10.2 Å². The minimum absolute atomic E-state index is 0. The summed E-state index contributed by atoms with van der Waals surface area (Å²) >= 11 is 0. The molecular formula is C28H35N7O2. The van der Waals surface area contributed by atoms with E-state index < -0.39 is 0 Å². The normalized spacial score (nSPS) is 19.3. The maximum absolute atomic E-state index is 13.4. The Hall–Kier alpha value is -4.01. The lowest BCUT2D eigenvalue weighted by Gasteiger charge is -2.21. The molecule has 3 aromatic heterocycles. The molecular weight excluding hydrogens is 466 g/mol. The van der Waals surface area contributed by atoms with Crippen LogP contribution in [0.3, 0.4) is 0 Å². The van der Waals surface area contributed by atoms with Crippen molar-refractivity contribution in [3.8, 4) is 23.0 Å². The molecule has 2 bridgehead atoms. The smallest absolute Gasteiger partial charge is 0.260 e. The highest BCUT2D eigenvalue weighted by Crippen LogP contribution is 2.39. The lowest BCUT2D eigenvalue weighted by atomic mass is 10.0. The van der Waals surface area contributed by atoms with Gasteiger partial charge in [0.25, 0.3) is 5.91 Å². The molecule has 37 heavy (non-hydrogen) atoms. The standard InChI is InChI=1S/C26H27N7O2.C2H6.H2/c1-16-10-17(2)33-15-28-31-25(33)21-4-3-5-24(29-21)30-26(34)20-11-19(8-9-23(20)35-13-16)32-12-22(27-14-32)18-6-7-18;1-2;/h3-5,8-9,11-12,14-18H,6-7,10,13H2,1-2H3,(H,29,30,34);1-2H3;1H/t16-,17+;;/m1../s1. The largest absolute Gasteiger partial charge is 0.492 e. The zero-order valence-corrected chi connectivity index (χ0v) is 21.8. The number of fused-ring (bicyclic) bond motifs is 5. The van der Waals surface area contributed by atoms with Crippen LogP contribution in [0.2, 0.25) is 0 Å². The van der Waals surface area contributed by atoms with Gasteiger partial charge in [-0.05, 0) is 62.4 Å². The maximum atomic E-state index is 13.4. The first-order chi connectivity index (χ1) is 18.0. The van der Waals surface area contributed by atoms with Crippen molar-refractivity contribution in [2.45, 2.75) is 58.9 Å². The van der Waals surface area contributed by atoms with E-state index in [2.05, 4.69) is 39.3 Å². The zero-order valence-electron chi connectivity index (χ0n) is 21.8. The number of ether oxygens (including phenoxy) is 1. The molecule has 0 unspecified atom stereocenters. The van der Waals surface area contributed by atoms with Crippen LogP contribution in [-0.4, -0.2) is 41.8 Å². The molecule has 194 valence electrons. The SMILES string of the molecule is CC.C[C@H]1COc2ccc(-n3cnc(C4CC4)c3)cc2C(=O)Nc2cccc(n2)-c2nncn2[C@@H](C)C1.[HH]. The van der Waals surface area contributed by atoms with Crippen LogP contribution >= 0.6 is 0 Å². The molecule has 1 aliphatic heterocycles. The van der Waals surface area contributed by atoms with Crippen LogP contribution in [0.15, 0.2) is 55.2 Å². The van der Waals surface area contributed by atoms with Gasteiger partial charge in [-0.2, -0.15) is 0 Å². The van der Waals surface area contributed by atoms with Crippen LogP contribution in [0, 0.1) is 5.92 Å². The van der Waals surface area contributed by atoms with E-state index in [4.69, 9.17) is 4.74 Å². The van der Waals surface area contributed by atoms with Gasteiger partial charge in [-0.1, -0.05) is 26.8 Å². The molecule has 1 aliphatic carbocycles. The number of rotatable bonds is 2. The summed E-state index contributed by atoms with van der Waals surface area (Å²) in [6.07, 6.45) is 8.83. The van der Waals surface area contributed by atoms with Gasteiger partial charge in [-0.3, -0.25) is 4.79 Å². The first-order valence-corrected chi connectivity index (χ1v) is 13.0. The molecule has 1 aromatic carbocycles. The number of imidazole rings is 1. The van der Waals surface area contributed by atoms with Crippen LogP contribution in [0.4, 0.5) is 5.82 Å². The van der Waals surface area contributed by atoms with E-state index in [1.807, 2.05) is 65.8 Å². The minimum atomic E-state index is -0.284. The summed E-state index contributed by atoms with van der Waals surface area (Å²) < 4.78 is 10.2. The molecule has 4 aromatic rings. The number of carbonyl (C=O) groups is 1. The van der Waals surface area contributed by atoms with Gasteiger partial charge < -0.3 is 19.2 Å². The number of benzene rings is 1. The molecule has 9 heteroatoms. The fraction of sp³-hybridized carbons (Fsp3) is 0.393. The molecule has 1 amide bonds. The molecule has 1 fully saturated rings. The second-order valence-corrected chi connectivity index (χ2v) is 9.59. The van der Waals surface area contributed by atoms with Gasteiger partial charge in [0.05, 0.1) is 24.2 Å². The van der Waals surface area contributed by atoms with E-state index in [9.17, 15) is 4.79 Å². The Morgan fingerprint density at radius 1 is 1.11 bits per heavy atom. The Morgan fingerprint density at radius 3 is 2.76 bits per heavy atom. The van der Waals surface area contributed by atoms with Crippen molar-refractivity contribution in [2.75, 3.05) is 11.9 Å². The summed E-state index contributed by atoms with van der Waals surface area (Å²) in [6.45, 7) is 8.77. The van der Waals surface area contributed by atoms with Crippen molar-refractivity contribution in [1.82, 2.24) is 29.3 Å². The van der Waals surface area contributed by atoms with Gasteiger partial charge in [0.1, 0.15) is 23.6 Å². The van der Waals surface area contributed by atoms with E-state index in [1.165, 1.54) is 12.8 Å². The molecule has 0 radical (unpaired) electrons.